The lowest BCUT2D eigenvalue weighted by atomic mass is 10.1. The number of rotatable bonds is 10. The van der Waals surface area contributed by atoms with Crippen LogP contribution in [-0.2, 0) is 0 Å². The second-order valence-corrected chi connectivity index (χ2v) is 5.67. The Morgan fingerprint density at radius 3 is 2.42 bits per heavy atom. The van der Waals surface area contributed by atoms with E-state index in [9.17, 15) is 4.79 Å². The van der Waals surface area contributed by atoms with Gasteiger partial charge in [0.25, 0.3) is 0 Å². The van der Waals surface area contributed by atoms with E-state index in [1.54, 1.807) is 0 Å². The molecule has 106 valence electrons. The van der Waals surface area contributed by atoms with Crippen LogP contribution in [0.15, 0.2) is 24.3 Å². The molecule has 0 fully saturated rings. The van der Waals surface area contributed by atoms with Gasteiger partial charge in [0.05, 0.1) is 0 Å². The van der Waals surface area contributed by atoms with E-state index in [2.05, 4.69) is 11.6 Å². The van der Waals surface area contributed by atoms with Crippen LogP contribution in [0.4, 0.5) is 5.69 Å². The zero-order valence-electron chi connectivity index (χ0n) is 12.1. The van der Waals surface area contributed by atoms with Gasteiger partial charge in [0.15, 0.2) is 5.78 Å². The summed E-state index contributed by atoms with van der Waals surface area (Å²) in [7, 11) is 0. The molecule has 1 rings (SSSR count). The normalized spacial score (nSPS) is 10.4. The van der Waals surface area contributed by atoms with Gasteiger partial charge in [0.2, 0.25) is 0 Å². The van der Waals surface area contributed by atoms with E-state index in [4.69, 9.17) is 0 Å². The van der Waals surface area contributed by atoms with Gasteiger partial charge in [-0.1, -0.05) is 19.8 Å². The monoisotopic (exact) mass is 279 g/mol. The van der Waals surface area contributed by atoms with Gasteiger partial charge >= 0.3 is 0 Å². The van der Waals surface area contributed by atoms with Crippen LogP contribution in [-0.4, -0.2) is 24.3 Å². The summed E-state index contributed by atoms with van der Waals surface area (Å²) in [6.07, 6.45) is 7.89. The lowest BCUT2D eigenvalue weighted by Crippen LogP contribution is -2.02. The maximum Gasteiger partial charge on any atom is 0.162 e. The Balaban J connectivity index is 2.18. The minimum Gasteiger partial charge on any atom is -0.385 e. The molecule has 0 spiro atoms. The molecule has 0 bridgehead atoms. The largest absolute Gasteiger partial charge is 0.385 e. The molecule has 0 aliphatic heterocycles. The number of Topliss-reactive ketones (excluding diaryl/α,β-unsaturated/α-hetero) is 1. The number of hydrogen-bond acceptors (Lipinski definition) is 3. The Hall–Kier alpha value is -0.960. The lowest BCUT2D eigenvalue weighted by molar-refractivity contribution is 0.0988. The molecule has 0 radical (unpaired) electrons. The number of nitrogens with one attached hydrogen (secondary N) is 1. The average Bonchev–Trinajstić information content (AvgIpc) is 2.46. The first-order chi connectivity index (χ1) is 9.27. The number of carbonyl (C=O) groups is 1. The van der Waals surface area contributed by atoms with Crippen LogP contribution >= 0.6 is 11.8 Å². The molecule has 0 saturated carbocycles. The summed E-state index contributed by atoms with van der Waals surface area (Å²) in [5, 5.41) is 3.40. The Kier molecular flexibility index (Phi) is 8.39. The van der Waals surface area contributed by atoms with Crippen molar-refractivity contribution in [3.8, 4) is 0 Å². The van der Waals surface area contributed by atoms with Crippen LogP contribution in [0.25, 0.3) is 0 Å². The van der Waals surface area contributed by atoms with Crippen LogP contribution in [0.1, 0.15) is 49.4 Å². The first kappa shape index (κ1) is 16.1. The number of ketones is 1. The Bertz CT molecular complexity index is 362. The summed E-state index contributed by atoms with van der Waals surface area (Å²) in [6, 6.07) is 7.81. The highest BCUT2D eigenvalue weighted by molar-refractivity contribution is 7.98. The van der Waals surface area contributed by atoms with Crippen LogP contribution in [0.5, 0.6) is 0 Å². The maximum atomic E-state index is 11.5. The van der Waals surface area contributed by atoms with Gasteiger partial charge in [-0.25, -0.2) is 0 Å². The molecule has 19 heavy (non-hydrogen) atoms. The quantitative estimate of drug-likeness (QED) is 0.501. The molecule has 0 aromatic heterocycles. The zero-order chi connectivity index (χ0) is 13.9. The first-order valence-corrected chi connectivity index (χ1v) is 8.53. The standard InChI is InChI=1S/C16H25NOS/c1-3-16(18)14-8-10-15(11-9-14)17-12-6-4-5-7-13-19-2/h8-11,17H,3-7,12-13H2,1-2H3. The number of unbranched alkanes of at least 4 members (excludes halogenated alkanes) is 3. The third-order valence-electron chi connectivity index (χ3n) is 3.13. The van der Waals surface area contributed by atoms with E-state index < -0.39 is 0 Å². The van der Waals surface area contributed by atoms with Crippen LogP contribution in [0.2, 0.25) is 0 Å². The van der Waals surface area contributed by atoms with E-state index in [1.165, 1.54) is 31.4 Å². The molecule has 0 heterocycles. The molecule has 0 aliphatic carbocycles. The molecular weight excluding hydrogens is 254 g/mol. The highest BCUT2D eigenvalue weighted by atomic mass is 32.2. The topological polar surface area (TPSA) is 29.1 Å². The molecule has 0 amide bonds. The molecule has 0 atom stereocenters. The molecule has 2 nitrogen and oxygen atoms in total. The first-order valence-electron chi connectivity index (χ1n) is 7.14. The fourth-order valence-electron chi connectivity index (χ4n) is 1.94. The van der Waals surface area contributed by atoms with Crippen molar-refractivity contribution in [1.82, 2.24) is 0 Å². The SMILES string of the molecule is CCC(=O)c1ccc(NCCCCCCSC)cc1. The summed E-state index contributed by atoms with van der Waals surface area (Å²) in [4.78, 5) is 11.5. The summed E-state index contributed by atoms with van der Waals surface area (Å²) < 4.78 is 0. The van der Waals surface area contributed by atoms with Crippen molar-refractivity contribution in [3.05, 3.63) is 29.8 Å². The van der Waals surface area contributed by atoms with Gasteiger partial charge in [-0.15, -0.1) is 0 Å². The Morgan fingerprint density at radius 2 is 1.79 bits per heavy atom. The Labute approximate surface area is 121 Å². The zero-order valence-corrected chi connectivity index (χ0v) is 12.9. The van der Waals surface area contributed by atoms with Gasteiger partial charge in [0.1, 0.15) is 0 Å². The van der Waals surface area contributed by atoms with Gasteiger partial charge in [-0.2, -0.15) is 11.8 Å². The number of benzene rings is 1. The molecule has 0 unspecified atom stereocenters. The summed E-state index contributed by atoms with van der Waals surface area (Å²) >= 11 is 1.92. The van der Waals surface area contributed by atoms with Crippen molar-refractivity contribution in [1.29, 1.82) is 0 Å². The van der Waals surface area contributed by atoms with Gasteiger partial charge in [-0.05, 0) is 49.1 Å². The fraction of sp³-hybridized carbons (Fsp3) is 0.562. The van der Waals surface area contributed by atoms with E-state index >= 15 is 0 Å². The number of thioether (sulfide) groups is 1. The summed E-state index contributed by atoms with van der Waals surface area (Å²) in [6.45, 7) is 2.91. The molecule has 0 aliphatic rings. The molecule has 1 aromatic rings. The second kappa shape index (κ2) is 9.90. The smallest absolute Gasteiger partial charge is 0.162 e. The molecular formula is C16H25NOS. The second-order valence-electron chi connectivity index (χ2n) is 4.69. The van der Waals surface area contributed by atoms with E-state index in [1.807, 2.05) is 43.0 Å². The van der Waals surface area contributed by atoms with Crippen LogP contribution in [0.3, 0.4) is 0 Å². The third-order valence-corrected chi connectivity index (χ3v) is 3.83. The maximum absolute atomic E-state index is 11.5. The lowest BCUT2D eigenvalue weighted by Gasteiger charge is -2.07. The minimum atomic E-state index is 0.209. The predicted molar refractivity (Wildman–Crippen MR) is 86.4 cm³/mol. The van der Waals surface area contributed by atoms with Crippen LogP contribution < -0.4 is 5.32 Å². The average molecular weight is 279 g/mol. The Morgan fingerprint density at radius 1 is 1.11 bits per heavy atom. The van der Waals surface area contributed by atoms with Crippen LogP contribution in [0, 0.1) is 0 Å². The highest BCUT2D eigenvalue weighted by Crippen LogP contribution is 2.12. The third kappa shape index (κ3) is 6.67. The van der Waals surface area contributed by atoms with Crippen molar-refractivity contribution in [2.24, 2.45) is 0 Å². The van der Waals surface area contributed by atoms with E-state index in [0.717, 1.165) is 17.8 Å². The van der Waals surface area contributed by atoms with Crippen molar-refractivity contribution >= 4 is 23.2 Å². The number of carbonyl (C=O) groups excluding carboxylic acids is 1. The van der Waals surface area contributed by atoms with Gasteiger partial charge < -0.3 is 5.32 Å². The van der Waals surface area contributed by atoms with Crippen molar-refractivity contribution in [2.45, 2.75) is 39.0 Å². The highest BCUT2D eigenvalue weighted by Gasteiger charge is 2.01. The van der Waals surface area contributed by atoms with E-state index in [0.29, 0.717) is 6.42 Å². The predicted octanol–water partition coefficient (Wildman–Crippen LogP) is 4.61. The van der Waals surface area contributed by atoms with E-state index in [-0.39, 0.29) is 5.78 Å². The molecule has 1 N–H and O–H groups in total. The fourth-order valence-corrected chi connectivity index (χ4v) is 2.43. The van der Waals surface area contributed by atoms with Crippen molar-refractivity contribution < 1.29 is 4.79 Å². The molecule has 0 saturated heterocycles. The number of hydrogen-bond donors (Lipinski definition) is 1. The van der Waals surface area contributed by atoms with Crippen molar-refractivity contribution in [3.63, 3.8) is 0 Å². The summed E-state index contributed by atoms with van der Waals surface area (Å²) in [5.41, 5.74) is 1.92. The van der Waals surface area contributed by atoms with Crippen molar-refractivity contribution in [2.75, 3.05) is 23.9 Å². The minimum absolute atomic E-state index is 0.209. The molecule has 1 aromatic carbocycles. The summed E-state index contributed by atoms with van der Waals surface area (Å²) in [5.74, 6) is 1.49. The molecule has 3 heteroatoms. The number of anilines is 1. The van der Waals surface area contributed by atoms with Gasteiger partial charge in [-0.3, -0.25) is 4.79 Å². The van der Waals surface area contributed by atoms with Gasteiger partial charge in [0, 0.05) is 24.2 Å².